The van der Waals surface area contributed by atoms with E-state index in [4.69, 9.17) is 5.73 Å². The molecule has 0 aliphatic carbocycles. The molecule has 0 saturated carbocycles. The Labute approximate surface area is 86.9 Å². The zero-order valence-corrected chi connectivity index (χ0v) is 9.38. The second kappa shape index (κ2) is 4.22. The first-order valence-electron chi connectivity index (χ1n) is 4.22. The van der Waals surface area contributed by atoms with E-state index in [1.54, 1.807) is 6.92 Å². The van der Waals surface area contributed by atoms with Crippen LogP contribution in [0.5, 0.6) is 0 Å². The molecule has 0 aromatic heterocycles. The van der Waals surface area contributed by atoms with Crippen molar-refractivity contribution in [3.63, 3.8) is 0 Å². The van der Waals surface area contributed by atoms with Crippen molar-refractivity contribution in [2.24, 2.45) is 5.73 Å². The summed E-state index contributed by atoms with van der Waals surface area (Å²) in [6, 6.07) is 5.54. The van der Waals surface area contributed by atoms with Crippen molar-refractivity contribution < 1.29 is 5.11 Å². The fourth-order valence-corrected chi connectivity index (χ4v) is 1.72. The molecule has 0 fully saturated rings. The summed E-state index contributed by atoms with van der Waals surface area (Å²) < 4.78 is 0.989. The lowest BCUT2D eigenvalue weighted by molar-refractivity contribution is 0.164. The lowest BCUT2D eigenvalue weighted by Crippen LogP contribution is -2.23. The van der Waals surface area contributed by atoms with Gasteiger partial charge in [0.2, 0.25) is 0 Å². The molecule has 0 aliphatic heterocycles. The van der Waals surface area contributed by atoms with Crippen LogP contribution in [0.3, 0.4) is 0 Å². The summed E-state index contributed by atoms with van der Waals surface area (Å²) >= 11 is 3.46. The normalized spacial score (nSPS) is 15.5. The second-order valence-corrected chi connectivity index (χ2v) is 4.04. The molecule has 0 unspecified atom stereocenters. The highest BCUT2D eigenvalue weighted by molar-refractivity contribution is 9.10. The fraction of sp³-hybridized carbons (Fsp3) is 0.400. The Kier molecular flexibility index (Phi) is 3.47. The van der Waals surface area contributed by atoms with Gasteiger partial charge in [0, 0.05) is 4.47 Å². The molecular weight excluding hydrogens is 230 g/mol. The zero-order valence-electron chi connectivity index (χ0n) is 7.79. The Morgan fingerprint density at radius 1 is 1.46 bits per heavy atom. The number of benzene rings is 1. The van der Waals surface area contributed by atoms with Crippen LogP contribution in [0.25, 0.3) is 0 Å². The molecular formula is C10H14BrNO. The van der Waals surface area contributed by atoms with Crippen LogP contribution in [0.4, 0.5) is 0 Å². The van der Waals surface area contributed by atoms with Crippen LogP contribution in [0.1, 0.15) is 24.1 Å². The van der Waals surface area contributed by atoms with E-state index in [0.29, 0.717) is 0 Å². The molecule has 72 valence electrons. The van der Waals surface area contributed by atoms with Gasteiger partial charge in [-0.1, -0.05) is 34.1 Å². The molecule has 3 heteroatoms. The van der Waals surface area contributed by atoms with Crippen molar-refractivity contribution in [2.75, 3.05) is 0 Å². The number of aryl methyl sites for hydroxylation is 1. The van der Waals surface area contributed by atoms with Crippen molar-refractivity contribution in [2.45, 2.75) is 26.0 Å². The summed E-state index contributed by atoms with van der Waals surface area (Å²) in [5.41, 5.74) is 7.91. The van der Waals surface area contributed by atoms with E-state index < -0.39 is 6.10 Å². The predicted octanol–water partition coefficient (Wildman–Crippen LogP) is 2.14. The third-order valence-electron chi connectivity index (χ3n) is 2.10. The van der Waals surface area contributed by atoms with E-state index in [2.05, 4.69) is 15.9 Å². The monoisotopic (exact) mass is 243 g/mol. The minimum absolute atomic E-state index is 0.325. The zero-order chi connectivity index (χ0) is 10.0. The second-order valence-electron chi connectivity index (χ2n) is 3.24. The van der Waals surface area contributed by atoms with Gasteiger partial charge in [-0.2, -0.15) is 0 Å². The molecule has 1 aromatic rings. The summed E-state index contributed by atoms with van der Waals surface area (Å²) in [6.07, 6.45) is -0.530. The number of nitrogens with two attached hydrogens (primary N) is 1. The van der Waals surface area contributed by atoms with Crippen LogP contribution in [0.15, 0.2) is 22.7 Å². The molecule has 13 heavy (non-hydrogen) atoms. The highest BCUT2D eigenvalue weighted by Gasteiger charge is 2.15. The smallest absolute Gasteiger partial charge is 0.0705 e. The Balaban J connectivity index is 3.07. The maximum atomic E-state index is 9.34. The molecule has 0 bridgehead atoms. The van der Waals surface area contributed by atoms with Gasteiger partial charge >= 0.3 is 0 Å². The molecule has 0 radical (unpaired) electrons. The SMILES string of the molecule is Cc1cccc([C@@H](N)[C@@H](C)O)c1Br. The van der Waals surface area contributed by atoms with Crippen LogP contribution in [0.2, 0.25) is 0 Å². The summed E-state index contributed by atoms with van der Waals surface area (Å²) in [4.78, 5) is 0. The Hall–Kier alpha value is -0.380. The maximum Gasteiger partial charge on any atom is 0.0705 e. The Morgan fingerprint density at radius 3 is 2.62 bits per heavy atom. The lowest BCUT2D eigenvalue weighted by Gasteiger charge is -2.17. The summed E-state index contributed by atoms with van der Waals surface area (Å²) in [5.74, 6) is 0. The standard InChI is InChI=1S/C10H14BrNO/c1-6-4-3-5-8(9(6)11)10(12)7(2)13/h3-5,7,10,13H,12H2,1-2H3/t7-,10+/m1/s1. The van der Waals surface area contributed by atoms with E-state index >= 15 is 0 Å². The predicted molar refractivity (Wildman–Crippen MR) is 57.5 cm³/mol. The topological polar surface area (TPSA) is 46.2 Å². The molecule has 3 N–H and O–H groups in total. The van der Waals surface area contributed by atoms with Gasteiger partial charge in [0.05, 0.1) is 12.1 Å². The van der Waals surface area contributed by atoms with Crippen molar-refractivity contribution in [1.82, 2.24) is 0 Å². The van der Waals surface area contributed by atoms with Gasteiger partial charge < -0.3 is 10.8 Å². The number of halogens is 1. The molecule has 0 heterocycles. The number of rotatable bonds is 2. The third kappa shape index (κ3) is 2.30. The lowest BCUT2D eigenvalue weighted by atomic mass is 10.0. The van der Waals surface area contributed by atoms with Crippen molar-refractivity contribution in [1.29, 1.82) is 0 Å². The number of hydrogen-bond donors (Lipinski definition) is 2. The van der Waals surface area contributed by atoms with Gasteiger partial charge in [-0.05, 0) is 25.0 Å². The van der Waals surface area contributed by atoms with Crippen LogP contribution in [-0.4, -0.2) is 11.2 Å². The van der Waals surface area contributed by atoms with Crippen LogP contribution in [-0.2, 0) is 0 Å². The average molecular weight is 244 g/mol. The fourth-order valence-electron chi connectivity index (χ4n) is 1.19. The van der Waals surface area contributed by atoms with Crippen LogP contribution < -0.4 is 5.73 Å². The van der Waals surface area contributed by atoms with Gasteiger partial charge in [0.25, 0.3) is 0 Å². The third-order valence-corrected chi connectivity index (χ3v) is 3.18. The minimum Gasteiger partial charge on any atom is -0.391 e. The Morgan fingerprint density at radius 2 is 2.08 bits per heavy atom. The summed E-state index contributed by atoms with van der Waals surface area (Å²) in [6.45, 7) is 3.70. The number of hydrogen-bond acceptors (Lipinski definition) is 2. The first-order chi connectivity index (χ1) is 6.04. The molecule has 0 saturated heterocycles. The molecule has 2 nitrogen and oxygen atoms in total. The van der Waals surface area contributed by atoms with Gasteiger partial charge in [-0.25, -0.2) is 0 Å². The summed E-state index contributed by atoms with van der Waals surface area (Å²) in [7, 11) is 0. The quantitative estimate of drug-likeness (QED) is 0.837. The molecule has 1 rings (SSSR count). The maximum absolute atomic E-state index is 9.34. The van der Waals surface area contributed by atoms with Crippen molar-refractivity contribution in [3.05, 3.63) is 33.8 Å². The average Bonchev–Trinajstić information content (AvgIpc) is 2.08. The summed E-state index contributed by atoms with van der Waals surface area (Å²) in [5, 5.41) is 9.34. The first kappa shape index (κ1) is 10.7. The molecule has 0 spiro atoms. The van der Waals surface area contributed by atoms with E-state index in [9.17, 15) is 5.11 Å². The number of aliphatic hydroxyl groups is 1. The van der Waals surface area contributed by atoms with Gasteiger partial charge in [0.1, 0.15) is 0 Å². The van der Waals surface area contributed by atoms with E-state index in [1.807, 2.05) is 25.1 Å². The van der Waals surface area contributed by atoms with Crippen molar-refractivity contribution in [3.8, 4) is 0 Å². The van der Waals surface area contributed by atoms with Gasteiger partial charge in [0.15, 0.2) is 0 Å². The van der Waals surface area contributed by atoms with E-state index in [1.165, 1.54) is 0 Å². The van der Waals surface area contributed by atoms with E-state index in [-0.39, 0.29) is 6.04 Å². The highest BCUT2D eigenvalue weighted by Crippen LogP contribution is 2.26. The largest absolute Gasteiger partial charge is 0.391 e. The molecule has 2 atom stereocenters. The first-order valence-corrected chi connectivity index (χ1v) is 5.02. The van der Waals surface area contributed by atoms with Crippen LogP contribution >= 0.6 is 15.9 Å². The molecule has 1 aromatic carbocycles. The van der Waals surface area contributed by atoms with Crippen LogP contribution in [0, 0.1) is 6.92 Å². The van der Waals surface area contributed by atoms with Gasteiger partial charge in [-0.3, -0.25) is 0 Å². The van der Waals surface area contributed by atoms with E-state index in [0.717, 1.165) is 15.6 Å². The molecule has 0 amide bonds. The number of aliphatic hydroxyl groups excluding tert-OH is 1. The van der Waals surface area contributed by atoms with Crippen molar-refractivity contribution >= 4 is 15.9 Å². The van der Waals surface area contributed by atoms with Gasteiger partial charge in [-0.15, -0.1) is 0 Å². The Bertz CT molecular complexity index is 299. The minimum atomic E-state index is -0.530. The highest BCUT2D eigenvalue weighted by atomic mass is 79.9. The molecule has 0 aliphatic rings.